The monoisotopic (exact) mass is 334 g/mol. The van der Waals surface area contributed by atoms with Crippen LogP contribution in [0.1, 0.15) is 65.6 Å². The van der Waals surface area contributed by atoms with E-state index in [4.69, 9.17) is 4.99 Å². The van der Waals surface area contributed by atoms with Crippen molar-refractivity contribution >= 4 is 5.96 Å². The van der Waals surface area contributed by atoms with Gasteiger partial charge in [0, 0.05) is 19.6 Å². The van der Waals surface area contributed by atoms with Crippen molar-refractivity contribution in [1.29, 1.82) is 0 Å². The summed E-state index contributed by atoms with van der Waals surface area (Å²) in [6.07, 6.45) is 8.46. The Hall–Kier alpha value is -1.59. The van der Waals surface area contributed by atoms with Crippen LogP contribution in [-0.4, -0.2) is 33.8 Å². The summed E-state index contributed by atoms with van der Waals surface area (Å²) in [5.41, 5.74) is 0.438. The highest BCUT2D eigenvalue weighted by atomic mass is 15.3. The quantitative estimate of drug-likeness (QED) is 0.566. The first-order chi connectivity index (χ1) is 11.6. The first-order valence-corrected chi connectivity index (χ1v) is 9.47. The van der Waals surface area contributed by atoms with E-state index in [1.54, 1.807) is 6.33 Å². The molecule has 1 fully saturated rings. The van der Waals surface area contributed by atoms with Crippen molar-refractivity contribution in [3.05, 3.63) is 12.2 Å². The van der Waals surface area contributed by atoms with E-state index in [0.717, 1.165) is 37.3 Å². The highest BCUT2D eigenvalue weighted by Crippen LogP contribution is 2.42. The lowest BCUT2D eigenvalue weighted by molar-refractivity contribution is 0.234. The summed E-state index contributed by atoms with van der Waals surface area (Å²) in [6, 6.07) is 0. The Morgan fingerprint density at radius 2 is 2.04 bits per heavy atom. The molecule has 0 aromatic carbocycles. The Balaban J connectivity index is 1.98. The highest BCUT2D eigenvalue weighted by Gasteiger charge is 2.34. The molecule has 1 aromatic heterocycles. The zero-order valence-electron chi connectivity index (χ0n) is 15.8. The van der Waals surface area contributed by atoms with Gasteiger partial charge < -0.3 is 15.2 Å². The number of aryl methyl sites for hydroxylation is 1. The molecule has 0 amide bonds. The van der Waals surface area contributed by atoms with Crippen molar-refractivity contribution in [1.82, 2.24) is 25.4 Å². The molecule has 1 aliphatic rings. The van der Waals surface area contributed by atoms with Gasteiger partial charge in [-0.3, -0.25) is 0 Å². The lowest BCUT2D eigenvalue weighted by Crippen LogP contribution is -2.43. The van der Waals surface area contributed by atoms with Gasteiger partial charge in [-0.1, -0.05) is 26.7 Å². The van der Waals surface area contributed by atoms with Gasteiger partial charge in [-0.2, -0.15) is 0 Å². The largest absolute Gasteiger partial charge is 0.357 e. The van der Waals surface area contributed by atoms with E-state index in [9.17, 15) is 0 Å². The van der Waals surface area contributed by atoms with E-state index in [2.05, 4.69) is 48.5 Å². The van der Waals surface area contributed by atoms with Crippen molar-refractivity contribution in [2.75, 3.05) is 13.1 Å². The Morgan fingerprint density at radius 1 is 1.29 bits per heavy atom. The second kappa shape index (κ2) is 9.04. The molecule has 0 atom stereocenters. The minimum Gasteiger partial charge on any atom is -0.357 e. The van der Waals surface area contributed by atoms with E-state index in [-0.39, 0.29) is 0 Å². The third-order valence-electron chi connectivity index (χ3n) is 4.90. The Labute approximate surface area is 146 Å². The molecule has 1 aromatic rings. The summed E-state index contributed by atoms with van der Waals surface area (Å²) >= 11 is 0. The van der Waals surface area contributed by atoms with Crippen LogP contribution in [0.25, 0.3) is 0 Å². The Bertz CT molecular complexity index is 513. The molecule has 24 heavy (non-hydrogen) atoms. The maximum absolute atomic E-state index is 4.71. The molecule has 1 saturated carbocycles. The molecule has 136 valence electrons. The minimum atomic E-state index is 0.438. The highest BCUT2D eigenvalue weighted by molar-refractivity contribution is 5.79. The van der Waals surface area contributed by atoms with Gasteiger partial charge in [0.15, 0.2) is 11.8 Å². The molecule has 1 aliphatic carbocycles. The molecule has 0 spiro atoms. The fraction of sp³-hybridized carbons (Fsp3) is 0.833. The molecule has 0 radical (unpaired) electrons. The topological polar surface area (TPSA) is 67.1 Å². The Morgan fingerprint density at radius 3 is 2.67 bits per heavy atom. The van der Waals surface area contributed by atoms with Crippen molar-refractivity contribution in [3.63, 3.8) is 0 Å². The number of nitrogens with zero attached hydrogens (tertiary/aromatic N) is 4. The maximum Gasteiger partial charge on any atom is 0.191 e. The van der Waals surface area contributed by atoms with Crippen molar-refractivity contribution in [3.8, 4) is 0 Å². The van der Waals surface area contributed by atoms with Crippen molar-refractivity contribution in [2.24, 2.45) is 16.3 Å². The number of aliphatic imine (C=N–C) groups is 1. The second-order valence-electron chi connectivity index (χ2n) is 7.39. The van der Waals surface area contributed by atoms with E-state index in [0.29, 0.717) is 12.0 Å². The molecule has 2 N–H and O–H groups in total. The fourth-order valence-corrected chi connectivity index (χ4v) is 3.87. The van der Waals surface area contributed by atoms with Crippen LogP contribution in [0.5, 0.6) is 0 Å². The average molecular weight is 335 g/mol. The van der Waals surface area contributed by atoms with Gasteiger partial charge in [0.2, 0.25) is 0 Å². The van der Waals surface area contributed by atoms with E-state index < -0.39 is 0 Å². The van der Waals surface area contributed by atoms with E-state index in [1.807, 2.05) is 4.57 Å². The summed E-state index contributed by atoms with van der Waals surface area (Å²) in [5.74, 6) is 2.54. The van der Waals surface area contributed by atoms with Gasteiger partial charge in [0.25, 0.3) is 0 Å². The second-order valence-corrected chi connectivity index (χ2v) is 7.39. The van der Waals surface area contributed by atoms with Crippen LogP contribution in [0, 0.1) is 11.3 Å². The van der Waals surface area contributed by atoms with Crippen LogP contribution in [-0.2, 0) is 13.1 Å². The zero-order valence-corrected chi connectivity index (χ0v) is 15.8. The smallest absolute Gasteiger partial charge is 0.191 e. The van der Waals surface area contributed by atoms with Gasteiger partial charge >= 0.3 is 0 Å². The van der Waals surface area contributed by atoms with Crippen molar-refractivity contribution < 1.29 is 0 Å². The number of rotatable bonds is 8. The number of guanidine groups is 1. The van der Waals surface area contributed by atoms with E-state index >= 15 is 0 Å². The first-order valence-electron chi connectivity index (χ1n) is 9.47. The SMILES string of the molecule is CCNC(=NCc1nncn1CC)NCC1(CC(C)C)CCCC1. The molecular formula is C18H34N6. The number of hydrogen-bond acceptors (Lipinski definition) is 3. The molecule has 6 heteroatoms. The van der Waals surface area contributed by atoms with Crippen LogP contribution >= 0.6 is 0 Å². The molecule has 0 unspecified atom stereocenters. The lowest BCUT2D eigenvalue weighted by Gasteiger charge is -2.32. The summed E-state index contributed by atoms with van der Waals surface area (Å²) in [5, 5.41) is 15.1. The number of aromatic nitrogens is 3. The molecular weight excluding hydrogens is 300 g/mol. The minimum absolute atomic E-state index is 0.438. The summed E-state index contributed by atoms with van der Waals surface area (Å²) < 4.78 is 2.03. The first kappa shape index (κ1) is 18.7. The number of hydrogen-bond donors (Lipinski definition) is 2. The molecule has 0 bridgehead atoms. The van der Waals surface area contributed by atoms with Gasteiger partial charge in [-0.25, -0.2) is 4.99 Å². The van der Waals surface area contributed by atoms with Gasteiger partial charge in [-0.05, 0) is 44.4 Å². The Kier molecular flexibility index (Phi) is 7.06. The summed E-state index contributed by atoms with van der Waals surface area (Å²) in [4.78, 5) is 4.71. The summed E-state index contributed by atoms with van der Waals surface area (Å²) in [6.45, 7) is 12.2. The van der Waals surface area contributed by atoms with Crippen LogP contribution in [0.4, 0.5) is 0 Å². The van der Waals surface area contributed by atoms with Crippen molar-refractivity contribution in [2.45, 2.75) is 72.9 Å². The molecule has 0 aliphatic heterocycles. The summed E-state index contributed by atoms with van der Waals surface area (Å²) in [7, 11) is 0. The van der Waals surface area contributed by atoms with Crippen LogP contribution in [0.15, 0.2) is 11.3 Å². The predicted octanol–water partition coefficient (Wildman–Crippen LogP) is 2.96. The van der Waals surface area contributed by atoms with Crippen LogP contribution in [0.3, 0.4) is 0 Å². The standard InChI is InChI=1S/C18H34N6/c1-5-19-17(20-12-16-23-22-14-24(16)6-2)21-13-18(11-15(3)4)9-7-8-10-18/h14-15H,5-13H2,1-4H3,(H2,19,20,21). The van der Waals surface area contributed by atoms with Crippen LogP contribution < -0.4 is 10.6 Å². The molecule has 0 saturated heterocycles. The third-order valence-corrected chi connectivity index (χ3v) is 4.90. The van der Waals surface area contributed by atoms with E-state index in [1.165, 1.54) is 32.1 Å². The zero-order chi connectivity index (χ0) is 17.4. The normalized spacial score (nSPS) is 17.5. The number of nitrogens with one attached hydrogen (secondary N) is 2. The molecule has 2 rings (SSSR count). The van der Waals surface area contributed by atoms with Crippen LogP contribution in [0.2, 0.25) is 0 Å². The fourth-order valence-electron chi connectivity index (χ4n) is 3.87. The predicted molar refractivity (Wildman–Crippen MR) is 98.9 cm³/mol. The van der Waals surface area contributed by atoms with Gasteiger partial charge in [0.05, 0.1) is 0 Å². The molecule has 1 heterocycles. The third kappa shape index (κ3) is 5.21. The average Bonchev–Trinajstić information content (AvgIpc) is 3.19. The lowest BCUT2D eigenvalue weighted by atomic mass is 9.78. The van der Waals surface area contributed by atoms with Gasteiger partial charge in [0.1, 0.15) is 12.9 Å². The maximum atomic E-state index is 4.71. The molecule has 6 nitrogen and oxygen atoms in total. The van der Waals surface area contributed by atoms with Gasteiger partial charge in [-0.15, -0.1) is 10.2 Å².